The number of hydrogen-bond acceptors (Lipinski definition) is 4. The van der Waals surface area contributed by atoms with Gasteiger partial charge in [0, 0.05) is 45.1 Å². The molecule has 0 amide bonds. The van der Waals surface area contributed by atoms with Crippen molar-refractivity contribution >= 4 is 43.6 Å². The number of hydrogen-bond donors (Lipinski definition) is 0. The van der Waals surface area contributed by atoms with Gasteiger partial charge in [0.05, 0.1) is 38.9 Å². The Labute approximate surface area is 376 Å². The molecule has 4 heteroatoms. The van der Waals surface area contributed by atoms with Crippen molar-refractivity contribution < 1.29 is 0 Å². The molecule has 4 heterocycles. The first-order valence-corrected chi connectivity index (χ1v) is 22.1. The second kappa shape index (κ2) is 14.8. The van der Waals surface area contributed by atoms with Crippen LogP contribution in [0, 0.1) is 0 Å². The lowest BCUT2D eigenvalue weighted by Gasteiger charge is -2.34. The Bertz CT molecular complexity index is 3790. The maximum atomic E-state index is 5.25. The normalized spacial score (nSPS) is 12.7. The summed E-state index contributed by atoms with van der Waals surface area (Å²) in [7, 11) is 0. The molecule has 12 aromatic rings. The van der Waals surface area contributed by atoms with Crippen LogP contribution in [-0.2, 0) is 5.41 Å². The summed E-state index contributed by atoms with van der Waals surface area (Å²) in [6, 6.07) is 78.9. The SMILES string of the molecule is c1cc(-c2ccc(-c3ccc4ccc5cccnc5c4n3)cc2)cc(C2(c3ccc(-c4ccccc4-c4ccc5ccc6cccnc6c5n4)cc3)c3ccccc3-c3ccccc32)c1. The number of fused-ring (bicyclic) bond motifs is 9. The smallest absolute Gasteiger partial charge is 0.0972 e. The first-order chi connectivity index (χ1) is 32.2. The van der Waals surface area contributed by atoms with E-state index in [9.17, 15) is 0 Å². The van der Waals surface area contributed by atoms with Crippen LogP contribution in [0.25, 0.3) is 99.5 Å². The Balaban J connectivity index is 0.914. The van der Waals surface area contributed by atoms with Gasteiger partial charge in [-0.25, -0.2) is 9.97 Å². The zero-order chi connectivity index (χ0) is 42.9. The Kier molecular flexibility index (Phi) is 8.40. The second-order valence-corrected chi connectivity index (χ2v) is 16.9. The number of nitrogens with zero attached hydrogens (tertiary/aromatic N) is 4. The molecule has 0 saturated heterocycles. The molecular weight excluding hydrogens is 789 g/mol. The lowest BCUT2D eigenvalue weighted by molar-refractivity contribution is 0.769. The molecule has 0 saturated carbocycles. The summed E-state index contributed by atoms with van der Waals surface area (Å²) in [5, 5.41) is 4.34. The highest BCUT2D eigenvalue weighted by Crippen LogP contribution is 2.56. The molecule has 0 unspecified atom stereocenters. The van der Waals surface area contributed by atoms with E-state index in [4.69, 9.17) is 15.0 Å². The van der Waals surface area contributed by atoms with E-state index < -0.39 is 5.41 Å². The molecule has 0 radical (unpaired) electrons. The van der Waals surface area contributed by atoms with Gasteiger partial charge in [-0.3, -0.25) is 9.97 Å². The molecule has 0 spiro atoms. The van der Waals surface area contributed by atoms with Crippen LogP contribution >= 0.6 is 0 Å². The fraction of sp³-hybridized carbons (Fsp3) is 0.0164. The molecule has 0 bridgehead atoms. The van der Waals surface area contributed by atoms with Crippen LogP contribution in [0.2, 0.25) is 0 Å². The maximum Gasteiger partial charge on any atom is 0.0972 e. The number of benzene rings is 8. The highest BCUT2D eigenvalue weighted by atomic mass is 14.8. The third-order valence-corrected chi connectivity index (χ3v) is 13.5. The van der Waals surface area contributed by atoms with Gasteiger partial charge in [-0.2, -0.15) is 0 Å². The predicted molar refractivity (Wildman–Crippen MR) is 267 cm³/mol. The topological polar surface area (TPSA) is 51.6 Å². The van der Waals surface area contributed by atoms with Crippen LogP contribution in [0.3, 0.4) is 0 Å². The quantitative estimate of drug-likeness (QED) is 0.157. The second-order valence-electron chi connectivity index (χ2n) is 16.9. The molecule has 8 aromatic carbocycles. The first kappa shape index (κ1) is 37.0. The third-order valence-electron chi connectivity index (χ3n) is 13.5. The fourth-order valence-corrected chi connectivity index (χ4v) is 10.4. The Hall–Kier alpha value is -8.60. The summed E-state index contributed by atoms with van der Waals surface area (Å²) in [4.78, 5) is 19.8. The van der Waals surface area contributed by atoms with Gasteiger partial charge in [0.15, 0.2) is 0 Å². The summed E-state index contributed by atoms with van der Waals surface area (Å²) in [5.41, 5.74) is 19.3. The molecule has 302 valence electrons. The van der Waals surface area contributed by atoms with E-state index in [-0.39, 0.29) is 0 Å². The van der Waals surface area contributed by atoms with Gasteiger partial charge >= 0.3 is 0 Å². The van der Waals surface area contributed by atoms with Gasteiger partial charge in [0.2, 0.25) is 0 Å². The molecule has 65 heavy (non-hydrogen) atoms. The van der Waals surface area contributed by atoms with Crippen molar-refractivity contribution in [2.75, 3.05) is 0 Å². The lowest BCUT2D eigenvalue weighted by atomic mass is 9.67. The molecule has 0 atom stereocenters. The van der Waals surface area contributed by atoms with Crippen LogP contribution in [0.5, 0.6) is 0 Å². The van der Waals surface area contributed by atoms with Crippen molar-refractivity contribution in [1.82, 2.24) is 19.9 Å². The average molecular weight is 827 g/mol. The lowest BCUT2D eigenvalue weighted by Crippen LogP contribution is -2.28. The highest BCUT2D eigenvalue weighted by molar-refractivity contribution is 6.04. The van der Waals surface area contributed by atoms with E-state index in [1.54, 1.807) is 0 Å². The highest BCUT2D eigenvalue weighted by Gasteiger charge is 2.46. The van der Waals surface area contributed by atoms with Gasteiger partial charge in [-0.1, -0.05) is 188 Å². The van der Waals surface area contributed by atoms with Crippen LogP contribution in [-0.4, -0.2) is 19.9 Å². The van der Waals surface area contributed by atoms with Gasteiger partial charge < -0.3 is 0 Å². The molecule has 1 aliphatic rings. The fourth-order valence-electron chi connectivity index (χ4n) is 10.4. The van der Waals surface area contributed by atoms with E-state index in [0.717, 1.165) is 88.4 Å². The maximum absolute atomic E-state index is 5.25. The number of aromatic nitrogens is 4. The summed E-state index contributed by atoms with van der Waals surface area (Å²) in [6.07, 6.45) is 3.68. The van der Waals surface area contributed by atoms with E-state index in [1.807, 2.05) is 24.5 Å². The van der Waals surface area contributed by atoms with Crippen molar-refractivity contribution in [3.05, 3.63) is 253 Å². The third kappa shape index (κ3) is 5.85. The van der Waals surface area contributed by atoms with E-state index >= 15 is 0 Å². The van der Waals surface area contributed by atoms with Gasteiger partial charge in [-0.05, 0) is 86.0 Å². The van der Waals surface area contributed by atoms with Crippen LogP contribution in [0.4, 0.5) is 0 Å². The largest absolute Gasteiger partial charge is 0.254 e. The molecule has 13 rings (SSSR count). The zero-order valence-electron chi connectivity index (χ0n) is 35.2. The summed E-state index contributed by atoms with van der Waals surface area (Å²) in [5.74, 6) is 0. The van der Waals surface area contributed by atoms with E-state index in [1.165, 1.54) is 33.4 Å². The van der Waals surface area contributed by atoms with E-state index in [0.29, 0.717) is 0 Å². The molecule has 0 N–H and O–H groups in total. The Morgan fingerprint density at radius 3 is 1.40 bits per heavy atom. The molecule has 0 aliphatic heterocycles. The Morgan fingerprint density at radius 1 is 0.277 bits per heavy atom. The van der Waals surface area contributed by atoms with Crippen molar-refractivity contribution in [2.45, 2.75) is 5.41 Å². The molecule has 4 nitrogen and oxygen atoms in total. The summed E-state index contributed by atoms with van der Waals surface area (Å²) < 4.78 is 0. The first-order valence-electron chi connectivity index (χ1n) is 22.1. The number of pyridine rings is 4. The minimum absolute atomic E-state index is 0.555. The molecular formula is C61H38N4. The molecule has 1 aliphatic carbocycles. The number of rotatable bonds is 6. The summed E-state index contributed by atoms with van der Waals surface area (Å²) in [6.45, 7) is 0. The molecule has 4 aromatic heterocycles. The van der Waals surface area contributed by atoms with Crippen molar-refractivity contribution in [2.24, 2.45) is 0 Å². The average Bonchev–Trinajstić information content (AvgIpc) is 3.69. The van der Waals surface area contributed by atoms with Crippen molar-refractivity contribution in [1.29, 1.82) is 0 Å². The Morgan fingerprint density at radius 2 is 0.769 bits per heavy atom. The van der Waals surface area contributed by atoms with Crippen LogP contribution < -0.4 is 0 Å². The zero-order valence-corrected chi connectivity index (χ0v) is 35.2. The van der Waals surface area contributed by atoms with E-state index in [2.05, 4.69) is 211 Å². The van der Waals surface area contributed by atoms with Gasteiger partial charge in [0.1, 0.15) is 0 Å². The van der Waals surface area contributed by atoms with Crippen LogP contribution in [0.15, 0.2) is 231 Å². The van der Waals surface area contributed by atoms with Crippen molar-refractivity contribution in [3.8, 4) is 55.9 Å². The minimum Gasteiger partial charge on any atom is -0.254 e. The minimum atomic E-state index is -0.555. The monoisotopic (exact) mass is 826 g/mol. The summed E-state index contributed by atoms with van der Waals surface area (Å²) >= 11 is 0. The van der Waals surface area contributed by atoms with Gasteiger partial charge in [0.25, 0.3) is 0 Å². The van der Waals surface area contributed by atoms with Crippen LogP contribution in [0.1, 0.15) is 22.3 Å². The standard InChI is InChI=1S/C61H38N4/c1-2-17-52(56-35-31-45-27-25-43-12-9-37-63-58(43)60(45)65-56)49(14-1)40-28-32-47(33-29-40)61(53-18-5-3-15-50(53)51-16-4-6-19-54(51)61)48-13-7-10-46(38-48)39-20-22-41(23-21-39)55-34-30-44-26-24-42-11-8-36-62-57(42)59(44)64-55/h1-38H. The molecule has 0 fully saturated rings. The van der Waals surface area contributed by atoms with Crippen molar-refractivity contribution in [3.63, 3.8) is 0 Å². The predicted octanol–water partition coefficient (Wildman–Crippen LogP) is 14.9. The van der Waals surface area contributed by atoms with Gasteiger partial charge in [-0.15, -0.1) is 0 Å².